The SMILES string of the molecule is O=C(CN(Oc1ccccc1)Oc1ccccc1)c1cccc2c1Cc1ccccc1-2. The van der Waals surface area contributed by atoms with Gasteiger partial charge in [-0.3, -0.25) is 4.79 Å². The molecule has 4 nitrogen and oxygen atoms in total. The lowest BCUT2D eigenvalue weighted by atomic mass is 9.98. The van der Waals surface area contributed by atoms with Crippen LogP contribution in [0.5, 0.6) is 11.5 Å². The molecule has 0 radical (unpaired) electrons. The van der Waals surface area contributed by atoms with Crippen LogP contribution in [0.2, 0.25) is 0 Å². The molecule has 0 saturated heterocycles. The van der Waals surface area contributed by atoms with E-state index in [0.717, 1.165) is 17.5 Å². The van der Waals surface area contributed by atoms with Gasteiger partial charge in [-0.1, -0.05) is 78.9 Å². The van der Waals surface area contributed by atoms with Crippen LogP contribution in [0.1, 0.15) is 21.5 Å². The van der Waals surface area contributed by atoms with Gasteiger partial charge in [-0.25, -0.2) is 0 Å². The van der Waals surface area contributed by atoms with Crippen molar-refractivity contribution in [2.24, 2.45) is 0 Å². The normalized spacial score (nSPS) is 11.6. The summed E-state index contributed by atoms with van der Waals surface area (Å²) >= 11 is 0. The first-order valence-electron chi connectivity index (χ1n) is 10.2. The second kappa shape index (κ2) is 8.46. The van der Waals surface area contributed by atoms with Crippen molar-refractivity contribution in [2.75, 3.05) is 6.54 Å². The van der Waals surface area contributed by atoms with Crippen molar-refractivity contribution < 1.29 is 14.5 Å². The van der Waals surface area contributed by atoms with Gasteiger partial charge in [0.2, 0.25) is 0 Å². The van der Waals surface area contributed by atoms with Crippen molar-refractivity contribution in [1.29, 1.82) is 0 Å². The zero-order valence-electron chi connectivity index (χ0n) is 16.9. The van der Waals surface area contributed by atoms with Crippen molar-refractivity contribution in [3.05, 3.63) is 120 Å². The van der Waals surface area contributed by atoms with Crippen LogP contribution in [0.25, 0.3) is 11.1 Å². The number of hydrogen-bond donors (Lipinski definition) is 0. The molecular formula is C27H21NO3. The van der Waals surface area contributed by atoms with Crippen molar-refractivity contribution in [2.45, 2.75) is 6.42 Å². The summed E-state index contributed by atoms with van der Waals surface area (Å²) in [6.07, 6.45) is 0.756. The number of Topliss-reactive ketones (excluding diaryl/α,β-unsaturated/α-hetero) is 1. The molecule has 0 aromatic heterocycles. The molecule has 31 heavy (non-hydrogen) atoms. The van der Waals surface area contributed by atoms with Gasteiger partial charge in [-0.05, 0) is 52.9 Å². The third-order valence-electron chi connectivity index (χ3n) is 5.32. The topological polar surface area (TPSA) is 38.8 Å². The van der Waals surface area contributed by atoms with Gasteiger partial charge >= 0.3 is 0 Å². The molecule has 5 rings (SSSR count). The summed E-state index contributed by atoms with van der Waals surface area (Å²) in [6.45, 7) is -0.0451. The van der Waals surface area contributed by atoms with Crippen LogP contribution in [-0.2, 0) is 6.42 Å². The lowest BCUT2D eigenvalue weighted by Gasteiger charge is -2.22. The van der Waals surface area contributed by atoms with E-state index in [4.69, 9.17) is 9.68 Å². The molecule has 1 aliphatic carbocycles. The Morgan fingerprint density at radius 1 is 0.677 bits per heavy atom. The number of fused-ring (bicyclic) bond motifs is 3. The molecule has 152 valence electrons. The van der Waals surface area contributed by atoms with E-state index >= 15 is 0 Å². The number of ketones is 1. The van der Waals surface area contributed by atoms with Crippen molar-refractivity contribution >= 4 is 5.78 Å². The molecular weight excluding hydrogens is 386 g/mol. The summed E-state index contributed by atoms with van der Waals surface area (Å²) in [5.74, 6) is 1.13. The fourth-order valence-electron chi connectivity index (χ4n) is 3.90. The first-order valence-corrected chi connectivity index (χ1v) is 10.2. The summed E-state index contributed by atoms with van der Waals surface area (Å²) in [5.41, 5.74) is 5.34. The first-order chi connectivity index (χ1) is 15.3. The number of rotatable bonds is 7. The van der Waals surface area contributed by atoms with Crippen LogP contribution in [0.15, 0.2) is 103 Å². The number of para-hydroxylation sites is 2. The van der Waals surface area contributed by atoms with E-state index in [1.165, 1.54) is 16.4 Å². The highest BCUT2D eigenvalue weighted by atomic mass is 16.9. The van der Waals surface area contributed by atoms with Gasteiger partial charge < -0.3 is 9.68 Å². The zero-order chi connectivity index (χ0) is 21.0. The molecule has 4 aromatic carbocycles. The van der Waals surface area contributed by atoms with Crippen molar-refractivity contribution in [3.63, 3.8) is 0 Å². The van der Waals surface area contributed by atoms with E-state index < -0.39 is 0 Å². The highest BCUT2D eigenvalue weighted by molar-refractivity contribution is 6.01. The Morgan fingerprint density at radius 2 is 1.26 bits per heavy atom. The first kappa shape index (κ1) is 19.1. The van der Waals surface area contributed by atoms with Crippen LogP contribution in [-0.4, -0.2) is 17.6 Å². The molecule has 0 unspecified atom stereocenters. The maximum Gasteiger partial charge on any atom is 0.184 e. The molecule has 0 saturated carbocycles. The molecule has 0 atom stereocenters. The van der Waals surface area contributed by atoms with Gasteiger partial charge in [0.1, 0.15) is 6.54 Å². The van der Waals surface area contributed by atoms with Gasteiger partial charge in [0, 0.05) is 10.8 Å². The molecule has 0 fully saturated rings. The van der Waals surface area contributed by atoms with Gasteiger partial charge in [0.15, 0.2) is 17.3 Å². The van der Waals surface area contributed by atoms with Crippen molar-refractivity contribution in [1.82, 2.24) is 5.23 Å². The van der Waals surface area contributed by atoms with Crippen LogP contribution >= 0.6 is 0 Å². The second-order valence-corrected chi connectivity index (χ2v) is 7.39. The summed E-state index contributed by atoms with van der Waals surface area (Å²) in [5, 5.41) is 1.24. The molecule has 0 bridgehead atoms. The monoisotopic (exact) mass is 407 g/mol. The maximum absolute atomic E-state index is 13.3. The summed E-state index contributed by atoms with van der Waals surface area (Å²) in [6, 6.07) is 32.8. The Labute approximate surface area is 181 Å². The standard InChI is InChI=1S/C27H21NO3/c29-27(25-17-9-16-24-23-15-8-7-10-20(23)18-26(24)25)19-28(30-21-11-3-1-4-12-21)31-22-13-5-2-6-14-22/h1-17H,18-19H2. The van der Waals surface area contributed by atoms with E-state index in [9.17, 15) is 4.79 Å². The number of nitrogens with zero attached hydrogens (tertiary/aromatic N) is 1. The van der Waals surface area contributed by atoms with Crippen LogP contribution in [0, 0.1) is 0 Å². The Bertz CT molecular complexity index is 1160. The van der Waals surface area contributed by atoms with E-state index in [1.54, 1.807) is 0 Å². The van der Waals surface area contributed by atoms with E-state index in [1.807, 2.05) is 84.9 Å². The van der Waals surface area contributed by atoms with E-state index in [0.29, 0.717) is 17.1 Å². The average Bonchev–Trinajstić information content (AvgIpc) is 3.19. The largest absolute Gasteiger partial charge is 0.371 e. The molecule has 0 heterocycles. The predicted octanol–water partition coefficient (Wildman–Crippen LogP) is 5.73. The number of benzene rings is 4. The molecule has 1 aliphatic rings. The predicted molar refractivity (Wildman–Crippen MR) is 120 cm³/mol. The lowest BCUT2D eigenvalue weighted by molar-refractivity contribution is -0.247. The van der Waals surface area contributed by atoms with Crippen LogP contribution < -0.4 is 9.68 Å². The Hall–Kier alpha value is -3.89. The maximum atomic E-state index is 13.3. The summed E-state index contributed by atoms with van der Waals surface area (Å²) < 4.78 is 0. The highest BCUT2D eigenvalue weighted by Gasteiger charge is 2.25. The van der Waals surface area contributed by atoms with Crippen molar-refractivity contribution in [3.8, 4) is 22.6 Å². The molecule has 0 spiro atoms. The quantitative estimate of drug-likeness (QED) is 0.255. The molecule has 0 N–H and O–H groups in total. The molecule has 4 aromatic rings. The minimum absolute atomic E-state index is 0.0451. The van der Waals surface area contributed by atoms with E-state index in [2.05, 4.69) is 18.2 Å². The van der Waals surface area contributed by atoms with Crippen LogP contribution in [0.4, 0.5) is 0 Å². The second-order valence-electron chi connectivity index (χ2n) is 7.39. The fourth-order valence-corrected chi connectivity index (χ4v) is 3.90. The molecule has 0 aliphatic heterocycles. The molecule has 4 heteroatoms. The van der Waals surface area contributed by atoms with Gasteiger partial charge in [0.25, 0.3) is 0 Å². The minimum Gasteiger partial charge on any atom is -0.371 e. The van der Waals surface area contributed by atoms with Gasteiger partial charge in [0.05, 0.1) is 0 Å². The minimum atomic E-state index is -0.0588. The van der Waals surface area contributed by atoms with Gasteiger partial charge in [-0.2, -0.15) is 0 Å². The van der Waals surface area contributed by atoms with Crippen LogP contribution in [0.3, 0.4) is 0 Å². The Morgan fingerprint density at radius 3 is 1.94 bits per heavy atom. The average molecular weight is 407 g/mol. The smallest absolute Gasteiger partial charge is 0.184 e. The van der Waals surface area contributed by atoms with Gasteiger partial charge in [-0.15, -0.1) is 0 Å². The third-order valence-corrected chi connectivity index (χ3v) is 5.32. The number of carbonyl (C=O) groups is 1. The number of hydroxylamine groups is 2. The third kappa shape index (κ3) is 4.06. The molecule has 0 amide bonds. The highest BCUT2D eigenvalue weighted by Crippen LogP contribution is 2.38. The lowest BCUT2D eigenvalue weighted by Crippen LogP contribution is -2.36. The fraction of sp³-hybridized carbons (Fsp3) is 0.0741. The number of hydrogen-bond acceptors (Lipinski definition) is 4. The summed E-state index contributed by atoms with van der Waals surface area (Å²) in [4.78, 5) is 25.1. The Kier molecular flexibility index (Phi) is 5.21. The number of carbonyl (C=O) groups excluding carboxylic acids is 1. The zero-order valence-corrected chi connectivity index (χ0v) is 16.9. The summed E-state index contributed by atoms with van der Waals surface area (Å²) in [7, 11) is 0. The van der Waals surface area contributed by atoms with E-state index in [-0.39, 0.29) is 12.3 Å². The Balaban J connectivity index is 1.41.